The lowest BCUT2D eigenvalue weighted by atomic mass is 10.0. The van der Waals surface area contributed by atoms with Gasteiger partial charge in [0.2, 0.25) is 6.79 Å². The number of fused-ring (bicyclic) bond motifs is 1. The molecule has 0 spiro atoms. The third-order valence-corrected chi connectivity index (χ3v) is 6.10. The quantitative estimate of drug-likeness (QED) is 0.608. The lowest BCUT2D eigenvalue weighted by molar-refractivity contribution is 0.0580. The normalized spacial score (nSPS) is 17.7. The van der Waals surface area contributed by atoms with Gasteiger partial charge < -0.3 is 19.1 Å². The average molecular weight is 418 g/mol. The Morgan fingerprint density at radius 2 is 1.87 bits per heavy atom. The van der Waals surface area contributed by atoms with E-state index in [2.05, 4.69) is 52.3 Å². The van der Waals surface area contributed by atoms with Crippen LogP contribution in [0.25, 0.3) is 10.8 Å². The number of piperazine rings is 1. The van der Waals surface area contributed by atoms with Gasteiger partial charge in [-0.2, -0.15) is 0 Å². The van der Waals surface area contributed by atoms with E-state index in [1.165, 1.54) is 10.9 Å². The highest BCUT2D eigenvalue weighted by Gasteiger charge is 2.30. The van der Waals surface area contributed by atoms with Crippen molar-refractivity contribution < 1.29 is 14.2 Å². The number of pyridine rings is 1. The van der Waals surface area contributed by atoms with Crippen LogP contribution in [-0.2, 0) is 15.9 Å². The lowest BCUT2D eigenvalue weighted by Gasteiger charge is -2.40. The molecule has 1 saturated heterocycles. The first kappa shape index (κ1) is 19.7. The Bertz CT molecular complexity index is 1060. The Labute approximate surface area is 182 Å². The van der Waals surface area contributed by atoms with Crippen LogP contribution in [0, 0.1) is 0 Å². The minimum Gasteiger partial charge on any atom is -0.497 e. The molecule has 5 rings (SSSR count). The van der Waals surface area contributed by atoms with Crippen LogP contribution in [0.4, 0.5) is 5.82 Å². The van der Waals surface area contributed by atoms with E-state index >= 15 is 0 Å². The predicted octanol–water partition coefficient (Wildman–Crippen LogP) is 3.82. The van der Waals surface area contributed by atoms with Crippen LogP contribution < -0.4 is 9.64 Å². The van der Waals surface area contributed by atoms with E-state index in [9.17, 15) is 0 Å². The molecule has 0 radical (unpaired) electrons. The van der Waals surface area contributed by atoms with Gasteiger partial charge in [-0.05, 0) is 35.6 Å². The molecule has 1 fully saturated rings. The number of nitrogens with zero attached hydrogens (tertiary/aromatic N) is 3. The molecule has 0 saturated carbocycles. The molecule has 0 amide bonds. The Kier molecular flexibility index (Phi) is 5.63. The van der Waals surface area contributed by atoms with Crippen molar-refractivity contribution in [3.63, 3.8) is 0 Å². The molecule has 2 aliphatic rings. The summed E-state index contributed by atoms with van der Waals surface area (Å²) in [7, 11) is 1.70. The first-order chi connectivity index (χ1) is 15.3. The van der Waals surface area contributed by atoms with Gasteiger partial charge in [-0.15, -0.1) is 0 Å². The summed E-state index contributed by atoms with van der Waals surface area (Å²) in [5.74, 6) is 2.80. The van der Waals surface area contributed by atoms with E-state index in [1.807, 2.05) is 18.3 Å². The van der Waals surface area contributed by atoms with Crippen molar-refractivity contribution in [1.82, 2.24) is 9.88 Å². The molecule has 6 heteroatoms. The van der Waals surface area contributed by atoms with E-state index < -0.39 is 0 Å². The third-order valence-electron chi connectivity index (χ3n) is 6.10. The summed E-state index contributed by atoms with van der Waals surface area (Å²) < 4.78 is 16.6. The Hall–Kier alpha value is -3.25. The van der Waals surface area contributed by atoms with Crippen LogP contribution in [0.15, 0.2) is 72.8 Å². The molecule has 160 valence electrons. The number of aromatic nitrogens is 1. The van der Waals surface area contributed by atoms with Gasteiger partial charge in [0.15, 0.2) is 5.76 Å². The smallest absolute Gasteiger partial charge is 0.229 e. The Balaban J connectivity index is 1.34. The molecular weight excluding hydrogens is 390 g/mol. The van der Waals surface area contributed by atoms with Crippen molar-refractivity contribution in [2.24, 2.45) is 0 Å². The number of methoxy groups -OCH3 is 1. The summed E-state index contributed by atoms with van der Waals surface area (Å²) in [6.07, 6.45) is 4.57. The number of rotatable bonds is 6. The van der Waals surface area contributed by atoms with Crippen molar-refractivity contribution >= 4 is 16.6 Å². The maximum atomic E-state index is 5.79. The van der Waals surface area contributed by atoms with Crippen LogP contribution in [0.3, 0.4) is 0 Å². The van der Waals surface area contributed by atoms with Gasteiger partial charge in [0, 0.05) is 37.8 Å². The van der Waals surface area contributed by atoms with Crippen molar-refractivity contribution in [2.45, 2.75) is 12.5 Å². The van der Waals surface area contributed by atoms with E-state index in [0.717, 1.165) is 55.3 Å². The highest BCUT2D eigenvalue weighted by atomic mass is 16.7. The van der Waals surface area contributed by atoms with Gasteiger partial charge in [-0.1, -0.05) is 36.4 Å². The number of anilines is 1. The highest BCUT2D eigenvalue weighted by molar-refractivity contribution is 5.93. The number of hydrogen-bond donors (Lipinski definition) is 0. The summed E-state index contributed by atoms with van der Waals surface area (Å²) >= 11 is 0. The molecule has 3 heterocycles. The molecule has 0 N–H and O–H groups in total. The summed E-state index contributed by atoms with van der Waals surface area (Å²) in [6.45, 7) is 3.98. The first-order valence-corrected chi connectivity index (χ1v) is 10.7. The van der Waals surface area contributed by atoms with Crippen LogP contribution in [-0.4, -0.2) is 56.0 Å². The molecule has 2 aromatic carbocycles. The molecule has 0 bridgehead atoms. The second kappa shape index (κ2) is 8.86. The summed E-state index contributed by atoms with van der Waals surface area (Å²) in [6, 6.07) is 19.0. The lowest BCUT2D eigenvalue weighted by Crippen LogP contribution is -2.51. The van der Waals surface area contributed by atoms with E-state index in [4.69, 9.17) is 19.2 Å². The molecule has 1 aromatic heterocycles. The number of benzene rings is 2. The highest BCUT2D eigenvalue weighted by Crippen LogP contribution is 2.30. The zero-order valence-corrected chi connectivity index (χ0v) is 17.7. The van der Waals surface area contributed by atoms with E-state index in [1.54, 1.807) is 13.4 Å². The molecular formula is C25H27N3O3. The molecule has 31 heavy (non-hydrogen) atoms. The largest absolute Gasteiger partial charge is 0.497 e. The van der Waals surface area contributed by atoms with Crippen LogP contribution in [0.2, 0.25) is 0 Å². The van der Waals surface area contributed by atoms with Gasteiger partial charge in [0.05, 0.1) is 13.2 Å². The second-order valence-corrected chi connectivity index (χ2v) is 7.90. The molecule has 6 nitrogen and oxygen atoms in total. The molecule has 0 aliphatic carbocycles. The molecule has 3 aromatic rings. The summed E-state index contributed by atoms with van der Waals surface area (Å²) in [5.41, 5.74) is 1.30. The zero-order chi connectivity index (χ0) is 21.0. The number of ether oxygens (including phenoxy) is 3. The summed E-state index contributed by atoms with van der Waals surface area (Å²) in [4.78, 5) is 9.59. The van der Waals surface area contributed by atoms with E-state index in [0.29, 0.717) is 6.79 Å². The maximum absolute atomic E-state index is 5.79. The van der Waals surface area contributed by atoms with Crippen molar-refractivity contribution in [2.75, 3.05) is 45.0 Å². The monoisotopic (exact) mass is 417 g/mol. The van der Waals surface area contributed by atoms with Crippen LogP contribution in [0.1, 0.15) is 5.56 Å². The van der Waals surface area contributed by atoms with Crippen molar-refractivity contribution in [3.8, 4) is 5.75 Å². The maximum Gasteiger partial charge on any atom is 0.229 e. The molecule has 1 atom stereocenters. The Morgan fingerprint density at radius 3 is 2.61 bits per heavy atom. The van der Waals surface area contributed by atoms with Crippen LogP contribution >= 0.6 is 0 Å². The van der Waals surface area contributed by atoms with Crippen molar-refractivity contribution in [1.29, 1.82) is 0 Å². The minimum atomic E-state index is 0.174. The summed E-state index contributed by atoms with van der Waals surface area (Å²) in [5, 5.41) is 2.31. The minimum absolute atomic E-state index is 0.174. The molecule has 1 unspecified atom stereocenters. The average Bonchev–Trinajstić information content (AvgIpc) is 3.37. The third kappa shape index (κ3) is 4.16. The molecule has 2 aliphatic heterocycles. The fourth-order valence-electron chi connectivity index (χ4n) is 4.43. The van der Waals surface area contributed by atoms with Gasteiger partial charge in [0.1, 0.15) is 17.8 Å². The first-order valence-electron chi connectivity index (χ1n) is 10.7. The zero-order valence-electron chi connectivity index (χ0n) is 17.7. The Morgan fingerprint density at radius 1 is 1.03 bits per heavy atom. The fourth-order valence-corrected chi connectivity index (χ4v) is 4.43. The predicted molar refractivity (Wildman–Crippen MR) is 121 cm³/mol. The van der Waals surface area contributed by atoms with E-state index in [-0.39, 0.29) is 6.04 Å². The van der Waals surface area contributed by atoms with Crippen molar-refractivity contribution in [3.05, 3.63) is 78.4 Å². The SMILES string of the molecule is COc1ccc2ccnc(N3CCN(C(Cc4ccccc4)C4=COCO4)CC3)c2c1. The fraction of sp³-hybridized carbons (Fsp3) is 0.320. The standard InChI is InChI=1S/C25H27N3O3/c1-29-21-8-7-20-9-10-26-25(22(20)16-21)28-13-11-27(12-14-28)23(24-17-30-18-31-24)15-19-5-3-2-4-6-19/h2-10,16-17,23H,11-15,18H2,1H3. The second-order valence-electron chi connectivity index (χ2n) is 7.90. The van der Waals surface area contributed by atoms with Gasteiger partial charge >= 0.3 is 0 Å². The number of hydrogen-bond acceptors (Lipinski definition) is 6. The van der Waals surface area contributed by atoms with Crippen LogP contribution in [0.5, 0.6) is 5.75 Å². The van der Waals surface area contributed by atoms with Gasteiger partial charge in [0.25, 0.3) is 0 Å². The van der Waals surface area contributed by atoms with Gasteiger partial charge in [-0.3, -0.25) is 4.90 Å². The van der Waals surface area contributed by atoms with Gasteiger partial charge in [-0.25, -0.2) is 4.98 Å². The topological polar surface area (TPSA) is 47.1 Å².